The molecule has 0 heterocycles. The van der Waals surface area contributed by atoms with Crippen molar-refractivity contribution >= 4 is 15.7 Å². The predicted molar refractivity (Wildman–Crippen MR) is 80.7 cm³/mol. The maximum Gasteiger partial charge on any atom is 0.253 e. The number of hydrogen-bond donors (Lipinski definition) is 1. The molecule has 5 nitrogen and oxygen atoms in total. The van der Waals surface area contributed by atoms with Gasteiger partial charge < -0.3 is 10.0 Å². The molecule has 1 fully saturated rings. The minimum atomic E-state index is -3.06. The molecule has 0 bridgehead atoms. The maximum absolute atomic E-state index is 12.2. The van der Waals surface area contributed by atoms with Crippen LogP contribution < -0.4 is 0 Å². The zero-order valence-electron chi connectivity index (χ0n) is 12.3. The second kappa shape index (κ2) is 6.15. The van der Waals surface area contributed by atoms with Crippen molar-refractivity contribution in [1.82, 2.24) is 4.90 Å². The second-order valence-electron chi connectivity index (χ2n) is 5.94. The summed E-state index contributed by atoms with van der Waals surface area (Å²) in [5, 5.41) is 9.26. The molecule has 0 unspecified atom stereocenters. The minimum Gasteiger partial charge on any atom is -0.393 e. The van der Waals surface area contributed by atoms with Crippen molar-refractivity contribution in [3.05, 3.63) is 35.4 Å². The highest BCUT2D eigenvalue weighted by molar-refractivity contribution is 7.89. The van der Waals surface area contributed by atoms with E-state index in [4.69, 9.17) is 0 Å². The fourth-order valence-electron chi connectivity index (χ4n) is 2.59. The fraction of sp³-hybridized carbons (Fsp3) is 0.533. The first-order valence-electron chi connectivity index (χ1n) is 6.95. The van der Waals surface area contributed by atoms with Crippen molar-refractivity contribution in [3.63, 3.8) is 0 Å². The van der Waals surface area contributed by atoms with Crippen LogP contribution >= 0.6 is 0 Å². The van der Waals surface area contributed by atoms with E-state index in [1.807, 2.05) is 0 Å². The topological polar surface area (TPSA) is 74.7 Å². The van der Waals surface area contributed by atoms with Gasteiger partial charge in [0.25, 0.3) is 5.91 Å². The smallest absolute Gasteiger partial charge is 0.253 e. The summed E-state index contributed by atoms with van der Waals surface area (Å²) < 4.78 is 22.4. The van der Waals surface area contributed by atoms with Crippen LogP contribution in [0.5, 0.6) is 0 Å². The average Bonchev–Trinajstić information content (AvgIpc) is 2.35. The molecule has 0 spiro atoms. The molecule has 116 valence electrons. The lowest BCUT2D eigenvalue weighted by Crippen LogP contribution is -2.39. The third kappa shape index (κ3) is 4.54. The number of carbonyl (C=O) groups excluding carboxylic acids is 1. The molecule has 1 N–H and O–H groups in total. The largest absolute Gasteiger partial charge is 0.393 e. The van der Waals surface area contributed by atoms with Crippen LogP contribution in [0.15, 0.2) is 24.3 Å². The summed E-state index contributed by atoms with van der Waals surface area (Å²) in [5.41, 5.74) is 1.23. The van der Waals surface area contributed by atoms with Gasteiger partial charge >= 0.3 is 0 Å². The Kier molecular flexibility index (Phi) is 4.68. The van der Waals surface area contributed by atoms with Gasteiger partial charge in [0.05, 0.1) is 11.9 Å². The van der Waals surface area contributed by atoms with Crippen LogP contribution in [0, 0.1) is 5.92 Å². The van der Waals surface area contributed by atoms with Gasteiger partial charge in [-0.3, -0.25) is 4.79 Å². The fourth-order valence-corrected chi connectivity index (χ4v) is 3.38. The summed E-state index contributed by atoms with van der Waals surface area (Å²) in [6, 6.07) is 6.67. The molecule has 0 aliphatic heterocycles. The molecule has 6 heteroatoms. The number of aliphatic hydroxyl groups excluding tert-OH is 1. The SMILES string of the molecule is CN(CC1CC(O)C1)C(=O)c1ccc(CS(C)(=O)=O)cc1. The molecule has 2 rings (SSSR count). The highest BCUT2D eigenvalue weighted by Gasteiger charge is 2.29. The Hall–Kier alpha value is -1.40. The van der Waals surface area contributed by atoms with Gasteiger partial charge in [-0.05, 0) is 36.5 Å². The lowest BCUT2D eigenvalue weighted by molar-refractivity contribution is 0.0265. The first-order valence-corrected chi connectivity index (χ1v) is 9.01. The normalized spacial score (nSPS) is 21.7. The Labute approximate surface area is 125 Å². The molecule has 1 amide bonds. The molecule has 1 aromatic carbocycles. The molecule has 0 atom stereocenters. The molecule has 21 heavy (non-hydrogen) atoms. The number of nitrogens with zero attached hydrogens (tertiary/aromatic N) is 1. The lowest BCUT2D eigenvalue weighted by Gasteiger charge is -2.34. The number of carbonyl (C=O) groups is 1. The van der Waals surface area contributed by atoms with Crippen molar-refractivity contribution < 1.29 is 18.3 Å². The summed E-state index contributed by atoms with van der Waals surface area (Å²) in [6.45, 7) is 0.640. The van der Waals surface area contributed by atoms with Gasteiger partial charge in [0.15, 0.2) is 9.84 Å². The molecular weight excluding hydrogens is 290 g/mol. The number of aliphatic hydroxyl groups is 1. The molecular formula is C15H21NO4S. The minimum absolute atomic E-state index is 0.0166. The number of benzene rings is 1. The van der Waals surface area contributed by atoms with E-state index >= 15 is 0 Å². The van der Waals surface area contributed by atoms with Gasteiger partial charge in [0.2, 0.25) is 0 Å². The second-order valence-corrected chi connectivity index (χ2v) is 8.08. The standard InChI is InChI=1S/C15H21NO4S/c1-16(9-12-7-14(17)8-12)15(18)13-5-3-11(4-6-13)10-21(2,19)20/h3-6,12,14,17H,7-10H2,1-2H3. The number of amides is 1. The average molecular weight is 311 g/mol. The number of sulfone groups is 1. The predicted octanol–water partition coefficient (Wildman–Crippen LogP) is 1.07. The van der Waals surface area contributed by atoms with Gasteiger partial charge in [-0.2, -0.15) is 0 Å². The van der Waals surface area contributed by atoms with Gasteiger partial charge in [0, 0.05) is 25.4 Å². The Morgan fingerprint density at radius 3 is 2.33 bits per heavy atom. The lowest BCUT2D eigenvalue weighted by atomic mass is 9.82. The summed E-state index contributed by atoms with van der Waals surface area (Å²) in [7, 11) is -1.32. The Morgan fingerprint density at radius 1 is 1.29 bits per heavy atom. The highest BCUT2D eigenvalue weighted by Crippen LogP contribution is 2.27. The van der Waals surface area contributed by atoms with Crippen LogP contribution in [0.2, 0.25) is 0 Å². The molecule has 0 saturated heterocycles. The highest BCUT2D eigenvalue weighted by atomic mass is 32.2. The van der Waals surface area contributed by atoms with Crippen LogP contribution in [-0.2, 0) is 15.6 Å². The Bertz CT molecular complexity index is 603. The summed E-state index contributed by atoms with van der Waals surface area (Å²) in [6.07, 6.45) is 2.48. The molecule has 1 aliphatic rings. The van der Waals surface area contributed by atoms with Gasteiger partial charge in [-0.1, -0.05) is 12.1 Å². The third-order valence-electron chi connectivity index (χ3n) is 3.72. The molecule has 1 aliphatic carbocycles. The zero-order chi connectivity index (χ0) is 15.6. The van der Waals surface area contributed by atoms with Crippen LogP contribution in [0.3, 0.4) is 0 Å². The molecule has 0 aromatic heterocycles. The van der Waals surface area contributed by atoms with Gasteiger partial charge in [-0.15, -0.1) is 0 Å². The van der Waals surface area contributed by atoms with Crippen molar-refractivity contribution in [3.8, 4) is 0 Å². The van der Waals surface area contributed by atoms with E-state index in [1.165, 1.54) is 6.26 Å². The summed E-state index contributed by atoms with van der Waals surface area (Å²) in [5.74, 6) is 0.276. The van der Waals surface area contributed by atoms with Crippen LogP contribution in [-0.4, -0.2) is 50.3 Å². The van der Waals surface area contributed by atoms with Crippen molar-refractivity contribution in [1.29, 1.82) is 0 Å². The number of hydrogen-bond acceptors (Lipinski definition) is 4. The molecule has 1 saturated carbocycles. The van der Waals surface area contributed by atoms with Crippen LogP contribution in [0.25, 0.3) is 0 Å². The first-order chi connectivity index (χ1) is 9.74. The van der Waals surface area contributed by atoms with E-state index in [0.29, 0.717) is 23.6 Å². The van der Waals surface area contributed by atoms with Gasteiger partial charge in [-0.25, -0.2) is 8.42 Å². The maximum atomic E-state index is 12.2. The summed E-state index contributed by atoms with van der Waals surface area (Å²) >= 11 is 0. The van der Waals surface area contributed by atoms with E-state index in [9.17, 15) is 18.3 Å². The molecule has 1 aromatic rings. The van der Waals surface area contributed by atoms with E-state index in [-0.39, 0.29) is 17.8 Å². The quantitative estimate of drug-likeness (QED) is 0.883. The van der Waals surface area contributed by atoms with E-state index < -0.39 is 9.84 Å². The Morgan fingerprint density at radius 2 is 1.86 bits per heavy atom. The zero-order valence-corrected chi connectivity index (χ0v) is 13.1. The summed E-state index contributed by atoms with van der Waals surface area (Å²) in [4.78, 5) is 13.9. The van der Waals surface area contributed by atoms with Crippen LogP contribution in [0.1, 0.15) is 28.8 Å². The number of rotatable bonds is 5. The van der Waals surface area contributed by atoms with E-state index in [2.05, 4.69) is 0 Å². The van der Waals surface area contributed by atoms with Gasteiger partial charge in [0.1, 0.15) is 0 Å². The first kappa shape index (κ1) is 16.0. The van der Waals surface area contributed by atoms with E-state index in [0.717, 1.165) is 12.8 Å². The van der Waals surface area contributed by atoms with E-state index in [1.54, 1.807) is 36.2 Å². The molecule has 0 radical (unpaired) electrons. The van der Waals surface area contributed by atoms with Crippen molar-refractivity contribution in [2.24, 2.45) is 5.92 Å². The Balaban J connectivity index is 1.96. The van der Waals surface area contributed by atoms with Crippen molar-refractivity contribution in [2.45, 2.75) is 24.7 Å². The van der Waals surface area contributed by atoms with Crippen LogP contribution in [0.4, 0.5) is 0 Å². The third-order valence-corrected chi connectivity index (χ3v) is 4.58. The monoisotopic (exact) mass is 311 g/mol. The van der Waals surface area contributed by atoms with Crippen molar-refractivity contribution in [2.75, 3.05) is 19.8 Å².